The molecule has 3 heterocycles. The van der Waals surface area contributed by atoms with Crippen LogP contribution in [0.15, 0.2) is 10.9 Å². The lowest BCUT2D eigenvalue weighted by molar-refractivity contribution is -0.149. The van der Waals surface area contributed by atoms with Gasteiger partial charge in [-0.3, -0.25) is 14.5 Å². The van der Waals surface area contributed by atoms with Gasteiger partial charge in [-0.15, -0.1) is 0 Å². The number of carbonyl (C=O) groups is 2. The number of likely N-dealkylation sites (tertiary alicyclic amines) is 1. The lowest BCUT2D eigenvalue weighted by atomic mass is 10.1. The Morgan fingerprint density at radius 1 is 1.06 bits per heavy atom. The van der Waals surface area contributed by atoms with E-state index in [0.717, 1.165) is 25.9 Å². The largest absolute Gasteiger partial charge is 0.491 e. The number of nitrogens with zero attached hydrogens (tertiary/aromatic N) is 3. The summed E-state index contributed by atoms with van der Waals surface area (Å²) in [5.74, 6) is -1.17. The Kier molecular flexibility index (Phi) is 8.39. The highest BCUT2D eigenvalue weighted by atomic mass is 19.4. The first-order valence-electron chi connectivity index (χ1n) is 11.2. The summed E-state index contributed by atoms with van der Waals surface area (Å²) in [6.07, 6.45) is -2.67. The van der Waals surface area contributed by atoms with Crippen molar-refractivity contribution in [1.29, 1.82) is 0 Å². The smallest absolute Gasteiger partial charge is 0.389 e. The van der Waals surface area contributed by atoms with Gasteiger partial charge < -0.3 is 18.9 Å². The highest BCUT2D eigenvalue weighted by Crippen LogP contribution is 2.25. The van der Waals surface area contributed by atoms with Crippen LogP contribution in [0.2, 0.25) is 0 Å². The summed E-state index contributed by atoms with van der Waals surface area (Å²) in [6.45, 7) is 3.19. The number of halogens is 3. The first kappa shape index (κ1) is 25.1. The normalized spacial score (nSPS) is 17.3. The van der Waals surface area contributed by atoms with Crippen LogP contribution in [0, 0.1) is 0 Å². The first-order chi connectivity index (χ1) is 15.7. The zero-order valence-electron chi connectivity index (χ0n) is 18.8. The topological polar surface area (TPSA) is 81.1 Å². The molecule has 0 saturated carbocycles. The molecular formula is C22H30F3N3O5. The number of hydrogen-bond donors (Lipinski definition) is 0. The Balaban J connectivity index is 1.76. The minimum Gasteiger partial charge on any atom is -0.491 e. The molecule has 1 fully saturated rings. The maximum atomic E-state index is 12.8. The predicted molar refractivity (Wildman–Crippen MR) is 113 cm³/mol. The van der Waals surface area contributed by atoms with E-state index in [9.17, 15) is 27.6 Å². The van der Waals surface area contributed by atoms with Crippen LogP contribution in [-0.4, -0.2) is 78.9 Å². The van der Waals surface area contributed by atoms with Gasteiger partial charge in [0.25, 0.3) is 5.56 Å². The molecule has 184 valence electrons. The maximum absolute atomic E-state index is 12.8. The van der Waals surface area contributed by atoms with Crippen molar-refractivity contribution in [3.05, 3.63) is 27.7 Å². The zero-order chi connectivity index (χ0) is 24.0. The fourth-order valence-electron chi connectivity index (χ4n) is 4.31. The van der Waals surface area contributed by atoms with Gasteiger partial charge in [-0.25, -0.2) is 4.79 Å². The average molecular weight is 473 g/mol. The first-order valence-corrected chi connectivity index (χ1v) is 11.2. The van der Waals surface area contributed by atoms with E-state index in [-0.39, 0.29) is 37.4 Å². The minimum absolute atomic E-state index is 0.0734. The predicted octanol–water partition coefficient (Wildman–Crippen LogP) is 2.23. The monoisotopic (exact) mass is 473 g/mol. The number of pyridine rings is 1. The summed E-state index contributed by atoms with van der Waals surface area (Å²) in [5.41, 5.74) is 0.101. The highest BCUT2D eigenvalue weighted by molar-refractivity contribution is 5.93. The molecule has 0 N–H and O–H groups in total. The molecule has 11 heteroatoms. The SMILES string of the molecule is COC(=O)c1c(OCCN2CCCCC2)cc(=O)n2c1CCN(C(=O)CCC(F)(F)F)CC2. The van der Waals surface area contributed by atoms with Gasteiger partial charge in [0.15, 0.2) is 0 Å². The molecule has 1 aromatic rings. The van der Waals surface area contributed by atoms with Gasteiger partial charge in [0.1, 0.15) is 17.9 Å². The second kappa shape index (κ2) is 11.0. The van der Waals surface area contributed by atoms with Crippen LogP contribution < -0.4 is 10.3 Å². The average Bonchev–Trinajstić information content (AvgIpc) is 3.01. The van der Waals surface area contributed by atoms with E-state index in [1.54, 1.807) is 0 Å². The summed E-state index contributed by atoms with van der Waals surface area (Å²) in [4.78, 5) is 41.2. The van der Waals surface area contributed by atoms with Crippen molar-refractivity contribution in [2.45, 2.75) is 51.2 Å². The Labute approximate surface area is 190 Å². The zero-order valence-corrected chi connectivity index (χ0v) is 18.8. The molecule has 2 aliphatic heterocycles. The van der Waals surface area contributed by atoms with Gasteiger partial charge in [-0.2, -0.15) is 13.2 Å². The van der Waals surface area contributed by atoms with Crippen LogP contribution in [0.5, 0.6) is 5.75 Å². The Bertz CT molecular complexity index is 910. The fourth-order valence-corrected chi connectivity index (χ4v) is 4.31. The lowest BCUT2D eigenvalue weighted by Crippen LogP contribution is -2.34. The van der Waals surface area contributed by atoms with E-state index >= 15 is 0 Å². The molecule has 1 amide bonds. The molecule has 0 aliphatic carbocycles. The highest BCUT2D eigenvalue weighted by Gasteiger charge is 2.31. The van der Waals surface area contributed by atoms with Crippen molar-refractivity contribution >= 4 is 11.9 Å². The summed E-state index contributed by atoms with van der Waals surface area (Å²) in [6, 6.07) is 1.24. The van der Waals surface area contributed by atoms with Crippen molar-refractivity contribution in [2.75, 3.05) is 46.4 Å². The second-order valence-electron chi connectivity index (χ2n) is 8.31. The van der Waals surface area contributed by atoms with Gasteiger partial charge >= 0.3 is 12.1 Å². The van der Waals surface area contributed by atoms with Crippen LogP contribution in [0.1, 0.15) is 48.2 Å². The Hall–Kier alpha value is -2.56. The molecule has 0 aromatic carbocycles. The van der Waals surface area contributed by atoms with Gasteiger partial charge in [0.05, 0.1) is 13.5 Å². The molecular weight excluding hydrogens is 443 g/mol. The van der Waals surface area contributed by atoms with Crippen molar-refractivity contribution in [3.63, 3.8) is 0 Å². The molecule has 0 spiro atoms. The number of alkyl halides is 3. The molecule has 1 aromatic heterocycles. The van der Waals surface area contributed by atoms with E-state index in [1.807, 2.05) is 0 Å². The van der Waals surface area contributed by atoms with Crippen LogP contribution >= 0.6 is 0 Å². The maximum Gasteiger partial charge on any atom is 0.389 e. The summed E-state index contributed by atoms with van der Waals surface area (Å²) in [5, 5.41) is 0. The standard InChI is InChI=1S/C22H30F3N3O5/c1-32-21(31)20-16-6-10-27(18(29)5-7-22(23,24)25)11-12-28(16)19(30)15-17(20)33-14-13-26-8-3-2-4-9-26/h15H,2-14H2,1H3. The molecule has 0 bridgehead atoms. The molecule has 0 unspecified atom stereocenters. The molecule has 33 heavy (non-hydrogen) atoms. The van der Waals surface area contributed by atoms with Crippen LogP contribution in [0.3, 0.4) is 0 Å². The fraction of sp³-hybridized carbons (Fsp3) is 0.682. The van der Waals surface area contributed by atoms with Gasteiger partial charge in [-0.1, -0.05) is 6.42 Å². The van der Waals surface area contributed by atoms with E-state index in [0.29, 0.717) is 18.8 Å². The van der Waals surface area contributed by atoms with E-state index < -0.39 is 36.5 Å². The number of ether oxygens (including phenoxy) is 2. The van der Waals surface area contributed by atoms with Crippen molar-refractivity contribution in [1.82, 2.24) is 14.4 Å². The number of rotatable bonds is 7. The quantitative estimate of drug-likeness (QED) is 0.565. The van der Waals surface area contributed by atoms with Crippen LogP contribution in [0.4, 0.5) is 13.2 Å². The molecule has 1 saturated heterocycles. The van der Waals surface area contributed by atoms with Gasteiger partial charge in [0, 0.05) is 50.8 Å². The van der Waals surface area contributed by atoms with Crippen molar-refractivity contribution in [2.24, 2.45) is 0 Å². The molecule has 0 atom stereocenters. The Morgan fingerprint density at radius 3 is 2.45 bits per heavy atom. The second-order valence-corrected chi connectivity index (χ2v) is 8.31. The van der Waals surface area contributed by atoms with Crippen molar-refractivity contribution in [3.8, 4) is 5.75 Å². The summed E-state index contributed by atoms with van der Waals surface area (Å²) < 4.78 is 49.6. The Morgan fingerprint density at radius 2 is 1.79 bits per heavy atom. The summed E-state index contributed by atoms with van der Waals surface area (Å²) >= 11 is 0. The number of methoxy groups -OCH3 is 1. The summed E-state index contributed by atoms with van der Waals surface area (Å²) in [7, 11) is 1.23. The molecule has 2 aliphatic rings. The van der Waals surface area contributed by atoms with Crippen molar-refractivity contribution < 1.29 is 32.2 Å². The number of amides is 1. The van der Waals surface area contributed by atoms with E-state index in [4.69, 9.17) is 9.47 Å². The minimum atomic E-state index is -4.42. The number of piperidine rings is 1. The number of esters is 1. The van der Waals surface area contributed by atoms with E-state index in [2.05, 4.69) is 4.90 Å². The molecule has 8 nitrogen and oxygen atoms in total. The molecule has 3 rings (SSSR count). The number of aromatic nitrogens is 1. The third-order valence-corrected chi connectivity index (χ3v) is 6.07. The number of hydrogen-bond acceptors (Lipinski definition) is 6. The van der Waals surface area contributed by atoms with Crippen LogP contribution in [-0.2, 0) is 22.5 Å². The number of carbonyl (C=O) groups excluding carboxylic acids is 2. The molecule has 0 radical (unpaired) electrons. The third kappa shape index (κ3) is 6.72. The lowest BCUT2D eigenvalue weighted by Gasteiger charge is -2.26. The van der Waals surface area contributed by atoms with Crippen LogP contribution in [0.25, 0.3) is 0 Å². The van der Waals surface area contributed by atoms with Gasteiger partial charge in [-0.05, 0) is 25.9 Å². The number of fused-ring (bicyclic) bond motifs is 1. The van der Waals surface area contributed by atoms with Gasteiger partial charge in [0.2, 0.25) is 5.91 Å². The third-order valence-electron chi connectivity index (χ3n) is 6.07. The van der Waals surface area contributed by atoms with E-state index in [1.165, 1.54) is 29.1 Å².